The highest BCUT2D eigenvalue weighted by Gasteiger charge is 2.13. The third kappa shape index (κ3) is 5.53. The van der Waals surface area contributed by atoms with E-state index in [9.17, 15) is 4.79 Å². The fraction of sp³-hybridized carbons (Fsp3) is 0.353. The lowest BCUT2D eigenvalue weighted by atomic mass is 10.3. The number of carbonyl (C=O) groups excluding carboxylic acids is 1. The van der Waals surface area contributed by atoms with E-state index in [0.29, 0.717) is 18.0 Å². The zero-order valence-corrected chi connectivity index (χ0v) is 14.9. The number of carbonyl (C=O) groups is 1. The molecular weight excluding hydrogens is 332 g/mol. The average molecular weight is 353 g/mol. The quantitative estimate of drug-likeness (QED) is 0.771. The number of halogens is 1. The summed E-state index contributed by atoms with van der Waals surface area (Å²) in [6.45, 7) is 4.02. The zero-order chi connectivity index (χ0) is 16.7. The summed E-state index contributed by atoms with van der Waals surface area (Å²) in [5.74, 6) is 0.610. The topological polar surface area (TPSA) is 41.6 Å². The second-order valence-electron chi connectivity index (χ2n) is 5.16. The van der Waals surface area contributed by atoms with Crippen molar-refractivity contribution < 1.29 is 9.53 Å². The Labute approximate surface area is 146 Å². The fourth-order valence-corrected chi connectivity index (χ4v) is 3.46. The first kappa shape index (κ1) is 17.8. The summed E-state index contributed by atoms with van der Waals surface area (Å²) in [4.78, 5) is 15.6. The van der Waals surface area contributed by atoms with Gasteiger partial charge in [-0.2, -0.15) is 0 Å². The van der Waals surface area contributed by atoms with Crippen molar-refractivity contribution in [1.82, 2.24) is 4.90 Å². The molecule has 2 aromatic rings. The number of hydrogen-bond acceptors (Lipinski definition) is 4. The number of nitrogens with one attached hydrogen (secondary N) is 1. The number of hydrogen-bond donors (Lipinski definition) is 1. The van der Waals surface area contributed by atoms with Crippen molar-refractivity contribution in [3.8, 4) is 5.75 Å². The van der Waals surface area contributed by atoms with Gasteiger partial charge >= 0.3 is 0 Å². The van der Waals surface area contributed by atoms with Gasteiger partial charge in [0, 0.05) is 11.4 Å². The number of amides is 1. The molecular formula is C17H21ClN2O2S. The van der Waals surface area contributed by atoms with Crippen LogP contribution in [-0.2, 0) is 11.3 Å². The zero-order valence-electron chi connectivity index (χ0n) is 13.3. The highest BCUT2D eigenvalue weighted by molar-refractivity contribution is 7.16. The van der Waals surface area contributed by atoms with E-state index in [1.54, 1.807) is 18.4 Å². The molecule has 1 aromatic heterocycles. The van der Waals surface area contributed by atoms with Crippen LogP contribution in [-0.4, -0.2) is 31.0 Å². The van der Waals surface area contributed by atoms with E-state index in [4.69, 9.17) is 16.3 Å². The van der Waals surface area contributed by atoms with Crippen LogP contribution in [0.3, 0.4) is 0 Å². The van der Waals surface area contributed by atoms with Crippen molar-refractivity contribution in [1.29, 1.82) is 0 Å². The van der Waals surface area contributed by atoms with Crippen LogP contribution in [0.25, 0.3) is 0 Å². The number of methoxy groups -OCH3 is 1. The molecule has 0 radical (unpaired) electrons. The molecule has 1 N–H and O–H groups in total. The van der Waals surface area contributed by atoms with Gasteiger partial charge in [-0.05, 0) is 37.2 Å². The molecule has 1 amide bonds. The van der Waals surface area contributed by atoms with Gasteiger partial charge in [-0.1, -0.05) is 30.7 Å². The maximum atomic E-state index is 12.3. The Balaban J connectivity index is 1.97. The van der Waals surface area contributed by atoms with Gasteiger partial charge in [0.2, 0.25) is 5.91 Å². The first-order valence-electron chi connectivity index (χ1n) is 7.51. The molecule has 1 aromatic carbocycles. The van der Waals surface area contributed by atoms with E-state index in [2.05, 4.69) is 17.1 Å². The molecule has 0 aliphatic rings. The SMILES string of the molecule is CCCN(CC(=O)Nc1ccccc1OC)Cc1ccc(Cl)s1. The molecule has 124 valence electrons. The van der Waals surface area contributed by atoms with Crippen LogP contribution >= 0.6 is 22.9 Å². The molecule has 0 atom stereocenters. The Kier molecular flexibility index (Phi) is 6.89. The largest absolute Gasteiger partial charge is 0.495 e. The summed E-state index contributed by atoms with van der Waals surface area (Å²) in [5, 5.41) is 2.91. The monoisotopic (exact) mass is 352 g/mol. The normalized spacial score (nSPS) is 10.8. The first-order valence-corrected chi connectivity index (χ1v) is 8.71. The lowest BCUT2D eigenvalue weighted by Gasteiger charge is -2.20. The number of anilines is 1. The van der Waals surface area contributed by atoms with E-state index in [-0.39, 0.29) is 5.91 Å². The summed E-state index contributed by atoms with van der Waals surface area (Å²) in [5.41, 5.74) is 0.690. The Morgan fingerprint density at radius 1 is 1.30 bits per heavy atom. The third-order valence-corrected chi connectivity index (χ3v) is 4.51. The predicted molar refractivity (Wildman–Crippen MR) is 96.5 cm³/mol. The van der Waals surface area contributed by atoms with E-state index >= 15 is 0 Å². The minimum absolute atomic E-state index is 0.0504. The summed E-state index contributed by atoms with van der Waals surface area (Å²) in [6.07, 6.45) is 0.987. The molecule has 0 spiro atoms. The molecule has 0 aliphatic carbocycles. The van der Waals surface area contributed by atoms with Crippen LogP contribution < -0.4 is 10.1 Å². The maximum absolute atomic E-state index is 12.3. The minimum Gasteiger partial charge on any atom is -0.495 e. The van der Waals surface area contributed by atoms with Crippen molar-refractivity contribution in [3.05, 3.63) is 45.6 Å². The molecule has 4 nitrogen and oxygen atoms in total. The van der Waals surface area contributed by atoms with Gasteiger partial charge in [-0.3, -0.25) is 9.69 Å². The first-order chi connectivity index (χ1) is 11.1. The summed E-state index contributed by atoms with van der Waals surface area (Å²) < 4.78 is 6.03. The molecule has 1 heterocycles. The number of para-hydroxylation sites is 2. The van der Waals surface area contributed by atoms with Crippen molar-refractivity contribution in [3.63, 3.8) is 0 Å². The van der Waals surface area contributed by atoms with E-state index in [1.807, 2.05) is 36.4 Å². The number of ether oxygens (including phenoxy) is 1. The predicted octanol–water partition coefficient (Wildman–Crippen LogP) is 4.26. The van der Waals surface area contributed by atoms with E-state index in [0.717, 1.165) is 28.7 Å². The molecule has 0 saturated heterocycles. The van der Waals surface area contributed by atoms with Gasteiger partial charge in [-0.15, -0.1) is 11.3 Å². The van der Waals surface area contributed by atoms with Gasteiger partial charge < -0.3 is 10.1 Å². The van der Waals surface area contributed by atoms with Crippen molar-refractivity contribution in [2.75, 3.05) is 25.5 Å². The van der Waals surface area contributed by atoms with Gasteiger partial charge in [0.05, 0.1) is 23.7 Å². The Hall–Kier alpha value is -1.56. The molecule has 0 unspecified atom stereocenters. The lowest BCUT2D eigenvalue weighted by molar-refractivity contribution is -0.117. The average Bonchev–Trinajstić information content (AvgIpc) is 2.93. The van der Waals surface area contributed by atoms with E-state index < -0.39 is 0 Å². The second kappa shape index (κ2) is 8.91. The van der Waals surface area contributed by atoms with Crippen LogP contribution in [0.5, 0.6) is 5.75 Å². The molecule has 23 heavy (non-hydrogen) atoms. The van der Waals surface area contributed by atoms with E-state index in [1.165, 1.54) is 0 Å². The van der Waals surface area contributed by atoms with Gasteiger partial charge in [-0.25, -0.2) is 0 Å². The Morgan fingerprint density at radius 2 is 2.09 bits per heavy atom. The van der Waals surface area contributed by atoms with Gasteiger partial charge in [0.1, 0.15) is 5.75 Å². The van der Waals surface area contributed by atoms with Crippen LogP contribution in [0, 0.1) is 0 Å². The van der Waals surface area contributed by atoms with Gasteiger partial charge in [0.25, 0.3) is 0 Å². The maximum Gasteiger partial charge on any atom is 0.238 e. The minimum atomic E-state index is -0.0504. The molecule has 0 bridgehead atoms. The molecule has 0 saturated carbocycles. The highest BCUT2D eigenvalue weighted by atomic mass is 35.5. The van der Waals surface area contributed by atoms with Crippen LogP contribution in [0.15, 0.2) is 36.4 Å². The smallest absolute Gasteiger partial charge is 0.238 e. The second-order valence-corrected chi connectivity index (χ2v) is 6.96. The van der Waals surface area contributed by atoms with Crippen LogP contribution in [0.2, 0.25) is 4.34 Å². The summed E-state index contributed by atoms with van der Waals surface area (Å²) in [7, 11) is 1.59. The summed E-state index contributed by atoms with van der Waals surface area (Å²) >= 11 is 7.53. The fourth-order valence-electron chi connectivity index (χ4n) is 2.33. The highest BCUT2D eigenvalue weighted by Crippen LogP contribution is 2.24. The van der Waals surface area contributed by atoms with Crippen molar-refractivity contribution in [2.45, 2.75) is 19.9 Å². The number of benzene rings is 1. The number of thiophene rings is 1. The lowest BCUT2D eigenvalue weighted by Crippen LogP contribution is -2.33. The standard InChI is InChI=1S/C17H21ClN2O2S/c1-3-10-20(11-13-8-9-16(18)23-13)12-17(21)19-14-6-4-5-7-15(14)22-2/h4-9H,3,10-12H2,1-2H3,(H,19,21). The van der Waals surface area contributed by atoms with Crippen molar-refractivity contribution in [2.24, 2.45) is 0 Å². The Bertz CT molecular complexity index is 645. The number of nitrogens with zero attached hydrogens (tertiary/aromatic N) is 1. The molecule has 2 rings (SSSR count). The number of rotatable bonds is 8. The third-order valence-electron chi connectivity index (χ3n) is 3.30. The summed E-state index contributed by atoms with van der Waals surface area (Å²) in [6, 6.07) is 11.3. The Morgan fingerprint density at radius 3 is 2.74 bits per heavy atom. The molecule has 0 aliphatic heterocycles. The van der Waals surface area contributed by atoms with Crippen LogP contribution in [0.4, 0.5) is 5.69 Å². The molecule has 6 heteroatoms. The van der Waals surface area contributed by atoms with Gasteiger partial charge in [0.15, 0.2) is 0 Å². The van der Waals surface area contributed by atoms with Crippen molar-refractivity contribution >= 4 is 34.5 Å². The van der Waals surface area contributed by atoms with Crippen LogP contribution in [0.1, 0.15) is 18.2 Å². The molecule has 0 fully saturated rings.